The van der Waals surface area contributed by atoms with E-state index in [1.807, 2.05) is 20.8 Å². The standard InChI is InChI=1S/C16H23NO3/c1-11(19)13-7-5-6-8-14(13)15(20)17-12(10-18)9-16(2,3)4/h5-8,12,18H,9-10H2,1-4H3,(H,17,20). The average molecular weight is 277 g/mol. The second kappa shape index (κ2) is 6.66. The highest BCUT2D eigenvalue weighted by Crippen LogP contribution is 2.21. The van der Waals surface area contributed by atoms with Gasteiger partial charge in [-0.05, 0) is 24.8 Å². The number of hydrogen-bond donors (Lipinski definition) is 2. The summed E-state index contributed by atoms with van der Waals surface area (Å²) < 4.78 is 0. The van der Waals surface area contributed by atoms with Crippen LogP contribution in [0, 0.1) is 5.41 Å². The molecule has 1 aromatic carbocycles. The normalized spacial score (nSPS) is 12.8. The van der Waals surface area contributed by atoms with Gasteiger partial charge in [0.1, 0.15) is 0 Å². The fourth-order valence-electron chi connectivity index (χ4n) is 2.15. The van der Waals surface area contributed by atoms with Gasteiger partial charge in [-0.2, -0.15) is 0 Å². The Morgan fingerprint density at radius 1 is 1.20 bits per heavy atom. The molecule has 0 heterocycles. The highest BCUT2D eigenvalue weighted by molar-refractivity contribution is 6.07. The van der Waals surface area contributed by atoms with Gasteiger partial charge in [-0.15, -0.1) is 0 Å². The summed E-state index contributed by atoms with van der Waals surface area (Å²) in [6.45, 7) is 7.46. The first-order chi connectivity index (χ1) is 9.24. The van der Waals surface area contributed by atoms with Crippen molar-refractivity contribution in [3.63, 3.8) is 0 Å². The molecule has 0 aromatic heterocycles. The summed E-state index contributed by atoms with van der Waals surface area (Å²) in [6, 6.07) is 6.39. The van der Waals surface area contributed by atoms with Crippen molar-refractivity contribution in [3.8, 4) is 0 Å². The van der Waals surface area contributed by atoms with E-state index in [4.69, 9.17) is 0 Å². The van der Waals surface area contributed by atoms with Gasteiger partial charge in [0.2, 0.25) is 0 Å². The topological polar surface area (TPSA) is 66.4 Å². The molecule has 1 rings (SSSR count). The second-order valence-electron chi connectivity index (χ2n) is 6.22. The van der Waals surface area contributed by atoms with Crippen molar-refractivity contribution in [2.75, 3.05) is 6.61 Å². The first kappa shape index (κ1) is 16.4. The van der Waals surface area contributed by atoms with Gasteiger partial charge in [-0.1, -0.05) is 39.0 Å². The molecule has 4 nitrogen and oxygen atoms in total. The largest absolute Gasteiger partial charge is 0.394 e. The predicted molar refractivity (Wildman–Crippen MR) is 78.9 cm³/mol. The lowest BCUT2D eigenvalue weighted by atomic mass is 9.88. The molecule has 0 saturated heterocycles. The minimum Gasteiger partial charge on any atom is -0.394 e. The van der Waals surface area contributed by atoms with E-state index in [1.54, 1.807) is 24.3 Å². The van der Waals surface area contributed by atoms with Gasteiger partial charge in [-0.25, -0.2) is 0 Å². The lowest BCUT2D eigenvalue weighted by Crippen LogP contribution is -2.40. The van der Waals surface area contributed by atoms with Crippen molar-refractivity contribution >= 4 is 11.7 Å². The monoisotopic (exact) mass is 277 g/mol. The number of hydrogen-bond acceptors (Lipinski definition) is 3. The molecule has 1 atom stereocenters. The van der Waals surface area contributed by atoms with E-state index in [9.17, 15) is 14.7 Å². The zero-order valence-electron chi connectivity index (χ0n) is 12.6. The number of ketones is 1. The Morgan fingerprint density at radius 3 is 2.20 bits per heavy atom. The minimum atomic E-state index is -0.320. The Balaban J connectivity index is 2.88. The van der Waals surface area contributed by atoms with Gasteiger partial charge in [0, 0.05) is 5.56 Å². The summed E-state index contributed by atoms with van der Waals surface area (Å²) >= 11 is 0. The van der Waals surface area contributed by atoms with Crippen molar-refractivity contribution in [1.29, 1.82) is 0 Å². The quantitative estimate of drug-likeness (QED) is 0.812. The molecule has 20 heavy (non-hydrogen) atoms. The van der Waals surface area contributed by atoms with Crippen LogP contribution in [0.5, 0.6) is 0 Å². The van der Waals surface area contributed by atoms with Crippen molar-refractivity contribution in [2.45, 2.75) is 40.2 Å². The molecule has 0 spiro atoms. The minimum absolute atomic E-state index is 0.000764. The van der Waals surface area contributed by atoms with Crippen LogP contribution in [0.15, 0.2) is 24.3 Å². The van der Waals surface area contributed by atoms with Crippen LogP contribution in [0.1, 0.15) is 54.8 Å². The molecular formula is C16H23NO3. The smallest absolute Gasteiger partial charge is 0.252 e. The Labute approximate surface area is 120 Å². The summed E-state index contributed by atoms with van der Waals surface area (Å²) in [7, 11) is 0. The van der Waals surface area contributed by atoms with E-state index in [0.29, 0.717) is 17.5 Å². The predicted octanol–water partition coefficient (Wildman–Crippen LogP) is 2.42. The molecule has 0 aliphatic rings. The molecule has 0 bridgehead atoms. The van der Waals surface area contributed by atoms with E-state index in [-0.39, 0.29) is 29.8 Å². The number of carbonyl (C=O) groups is 2. The third-order valence-electron chi connectivity index (χ3n) is 2.97. The zero-order valence-corrected chi connectivity index (χ0v) is 12.6. The number of benzene rings is 1. The number of aliphatic hydroxyl groups excluding tert-OH is 1. The van der Waals surface area contributed by atoms with E-state index >= 15 is 0 Å². The van der Waals surface area contributed by atoms with E-state index in [2.05, 4.69) is 5.32 Å². The first-order valence-electron chi connectivity index (χ1n) is 6.76. The van der Waals surface area contributed by atoms with Crippen molar-refractivity contribution in [3.05, 3.63) is 35.4 Å². The molecule has 1 amide bonds. The SMILES string of the molecule is CC(=O)c1ccccc1C(=O)NC(CO)CC(C)(C)C. The highest BCUT2D eigenvalue weighted by atomic mass is 16.3. The third-order valence-corrected chi connectivity index (χ3v) is 2.97. The molecule has 0 radical (unpaired) electrons. The number of rotatable bonds is 5. The third kappa shape index (κ3) is 4.78. The summed E-state index contributed by atoms with van der Waals surface area (Å²) in [4.78, 5) is 23.8. The maximum Gasteiger partial charge on any atom is 0.252 e. The summed E-state index contributed by atoms with van der Waals surface area (Å²) in [5.41, 5.74) is 0.755. The molecule has 110 valence electrons. The van der Waals surface area contributed by atoms with Crippen molar-refractivity contribution in [1.82, 2.24) is 5.32 Å². The van der Waals surface area contributed by atoms with Crippen molar-refractivity contribution < 1.29 is 14.7 Å². The fourth-order valence-corrected chi connectivity index (χ4v) is 2.15. The van der Waals surface area contributed by atoms with Crippen LogP contribution in [0.25, 0.3) is 0 Å². The molecule has 1 aromatic rings. The number of amides is 1. The van der Waals surface area contributed by atoms with E-state index < -0.39 is 0 Å². The Bertz CT molecular complexity index is 489. The van der Waals surface area contributed by atoms with Gasteiger partial charge in [0.25, 0.3) is 5.91 Å². The molecule has 0 saturated carbocycles. The number of Topliss-reactive ketones (excluding diaryl/α,β-unsaturated/α-hetero) is 1. The lowest BCUT2D eigenvalue weighted by Gasteiger charge is -2.25. The molecule has 0 aliphatic carbocycles. The number of nitrogens with one attached hydrogen (secondary N) is 1. The van der Waals surface area contributed by atoms with Gasteiger partial charge in [-0.3, -0.25) is 9.59 Å². The Hall–Kier alpha value is -1.68. The average Bonchev–Trinajstić information content (AvgIpc) is 2.36. The molecule has 2 N–H and O–H groups in total. The number of aliphatic hydroxyl groups is 1. The first-order valence-corrected chi connectivity index (χ1v) is 6.76. The van der Waals surface area contributed by atoms with Gasteiger partial charge < -0.3 is 10.4 Å². The van der Waals surface area contributed by atoms with Crippen molar-refractivity contribution in [2.24, 2.45) is 5.41 Å². The van der Waals surface area contributed by atoms with Gasteiger partial charge >= 0.3 is 0 Å². The molecule has 0 aliphatic heterocycles. The van der Waals surface area contributed by atoms with Crippen LogP contribution in [0.3, 0.4) is 0 Å². The lowest BCUT2D eigenvalue weighted by molar-refractivity contribution is 0.0888. The van der Waals surface area contributed by atoms with Crippen LogP contribution < -0.4 is 5.32 Å². The van der Waals surface area contributed by atoms with Crippen LogP contribution in [-0.2, 0) is 0 Å². The highest BCUT2D eigenvalue weighted by Gasteiger charge is 2.21. The maximum absolute atomic E-state index is 12.3. The summed E-state index contributed by atoms with van der Waals surface area (Å²) in [5.74, 6) is -0.466. The summed E-state index contributed by atoms with van der Waals surface area (Å²) in [5, 5.41) is 12.2. The maximum atomic E-state index is 12.3. The van der Waals surface area contributed by atoms with Gasteiger partial charge in [0.05, 0.1) is 18.2 Å². The zero-order chi connectivity index (χ0) is 15.3. The summed E-state index contributed by atoms with van der Waals surface area (Å²) in [6.07, 6.45) is 0.664. The Morgan fingerprint density at radius 2 is 1.75 bits per heavy atom. The molecule has 0 fully saturated rings. The van der Waals surface area contributed by atoms with Crippen LogP contribution in [0.4, 0.5) is 0 Å². The number of carbonyl (C=O) groups excluding carboxylic acids is 2. The van der Waals surface area contributed by atoms with E-state index in [0.717, 1.165) is 0 Å². The molecular weight excluding hydrogens is 254 g/mol. The van der Waals surface area contributed by atoms with Gasteiger partial charge in [0.15, 0.2) is 5.78 Å². The van der Waals surface area contributed by atoms with E-state index in [1.165, 1.54) is 6.92 Å². The van der Waals surface area contributed by atoms with Crippen LogP contribution in [0.2, 0.25) is 0 Å². The Kier molecular flexibility index (Phi) is 5.45. The van der Waals surface area contributed by atoms with Crippen LogP contribution >= 0.6 is 0 Å². The molecule has 4 heteroatoms. The second-order valence-corrected chi connectivity index (χ2v) is 6.22. The molecule has 1 unspecified atom stereocenters. The van der Waals surface area contributed by atoms with Crippen LogP contribution in [-0.4, -0.2) is 29.4 Å². The fraction of sp³-hybridized carbons (Fsp3) is 0.500.